The highest BCUT2D eigenvalue weighted by Gasteiger charge is 2.40. The lowest BCUT2D eigenvalue weighted by Gasteiger charge is -2.29. The van der Waals surface area contributed by atoms with Gasteiger partial charge in [0, 0.05) is 11.0 Å². The molecular formula is C14H15BrClNO4. The number of amides is 1. The van der Waals surface area contributed by atoms with Crippen molar-refractivity contribution in [2.75, 3.05) is 19.8 Å². The quantitative estimate of drug-likeness (QED) is 0.877. The summed E-state index contributed by atoms with van der Waals surface area (Å²) < 4.78 is 5.87. The molecule has 1 amide bonds. The van der Waals surface area contributed by atoms with Gasteiger partial charge in [0.05, 0.1) is 29.8 Å². The van der Waals surface area contributed by atoms with Gasteiger partial charge in [0.25, 0.3) is 5.91 Å². The van der Waals surface area contributed by atoms with E-state index in [1.807, 2.05) is 0 Å². The van der Waals surface area contributed by atoms with Crippen molar-refractivity contribution in [1.82, 2.24) is 4.90 Å². The summed E-state index contributed by atoms with van der Waals surface area (Å²) in [6.45, 7) is 2.54. The highest BCUT2D eigenvalue weighted by molar-refractivity contribution is 9.10. The monoisotopic (exact) mass is 375 g/mol. The average Bonchev–Trinajstić information content (AvgIpc) is 2.92. The van der Waals surface area contributed by atoms with E-state index in [1.54, 1.807) is 25.1 Å². The van der Waals surface area contributed by atoms with Gasteiger partial charge >= 0.3 is 5.97 Å². The van der Waals surface area contributed by atoms with Crippen LogP contribution in [0.2, 0.25) is 5.02 Å². The van der Waals surface area contributed by atoms with Crippen molar-refractivity contribution in [2.45, 2.75) is 13.0 Å². The molecular weight excluding hydrogens is 362 g/mol. The lowest BCUT2D eigenvalue weighted by Crippen LogP contribution is -2.46. The number of rotatable bonds is 4. The lowest BCUT2D eigenvalue weighted by atomic mass is 10.0. The molecule has 21 heavy (non-hydrogen) atoms. The molecule has 0 saturated carbocycles. The second-order valence-corrected chi connectivity index (χ2v) is 5.97. The van der Waals surface area contributed by atoms with E-state index in [0.717, 1.165) is 0 Å². The van der Waals surface area contributed by atoms with Crippen LogP contribution in [0.3, 0.4) is 0 Å². The number of ether oxygens (including phenoxy) is 1. The van der Waals surface area contributed by atoms with Crippen molar-refractivity contribution in [3.8, 4) is 0 Å². The molecule has 1 heterocycles. The molecule has 0 aromatic heterocycles. The van der Waals surface area contributed by atoms with Gasteiger partial charge in [-0.3, -0.25) is 9.59 Å². The van der Waals surface area contributed by atoms with Crippen molar-refractivity contribution in [3.05, 3.63) is 33.3 Å². The molecule has 2 unspecified atom stereocenters. The first kappa shape index (κ1) is 16.3. The summed E-state index contributed by atoms with van der Waals surface area (Å²) in [4.78, 5) is 25.5. The minimum atomic E-state index is -0.955. The maximum absolute atomic E-state index is 12.7. The Morgan fingerprint density at radius 3 is 2.81 bits per heavy atom. The molecule has 1 N–H and O–H groups in total. The number of benzene rings is 1. The Balaban J connectivity index is 2.30. The standard InChI is InChI=1S/C14H15BrClNO4/c1-2-17(11-7-21-6-9(11)14(19)20)13(18)8-4-3-5-10(15)12(8)16/h3-5,9,11H,2,6-7H2,1H3,(H,19,20). The molecule has 0 spiro atoms. The fraction of sp³-hybridized carbons (Fsp3) is 0.429. The number of aliphatic carboxylic acids is 1. The Hall–Kier alpha value is -1.11. The maximum atomic E-state index is 12.7. The van der Waals surface area contributed by atoms with Crippen LogP contribution >= 0.6 is 27.5 Å². The predicted octanol–water partition coefficient (Wildman–Crippen LogP) is 2.66. The zero-order valence-corrected chi connectivity index (χ0v) is 13.7. The van der Waals surface area contributed by atoms with E-state index in [1.165, 1.54) is 4.90 Å². The molecule has 1 aliphatic rings. The molecule has 1 aromatic carbocycles. The van der Waals surface area contributed by atoms with Crippen molar-refractivity contribution in [3.63, 3.8) is 0 Å². The summed E-state index contributed by atoms with van der Waals surface area (Å²) in [5.74, 6) is -1.95. The number of hydrogen-bond donors (Lipinski definition) is 1. The molecule has 1 fully saturated rings. The number of carbonyl (C=O) groups is 2. The van der Waals surface area contributed by atoms with E-state index in [0.29, 0.717) is 21.6 Å². The molecule has 1 aromatic rings. The molecule has 0 radical (unpaired) electrons. The fourth-order valence-corrected chi connectivity index (χ4v) is 3.01. The van der Waals surface area contributed by atoms with Crippen LogP contribution in [-0.2, 0) is 9.53 Å². The van der Waals surface area contributed by atoms with Crippen molar-refractivity contribution >= 4 is 39.4 Å². The summed E-state index contributed by atoms with van der Waals surface area (Å²) in [6, 6.07) is 4.62. The highest BCUT2D eigenvalue weighted by Crippen LogP contribution is 2.29. The summed E-state index contributed by atoms with van der Waals surface area (Å²) in [6.07, 6.45) is 0. The van der Waals surface area contributed by atoms with E-state index in [2.05, 4.69) is 15.9 Å². The first-order valence-electron chi connectivity index (χ1n) is 6.52. The van der Waals surface area contributed by atoms with Gasteiger partial charge in [-0.05, 0) is 35.0 Å². The van der Waals surface area contributed by atoms with Crippen LogP contribution in [0.1, 0.15) is 17.3 Å². The Kier molecular flexibility index (Phi) is 5.24. The predicted molar refractivity (Wildman–Crippen MR) is 81.6 cm³/mol. The number of carbonyl (C=O) groups excluding carboxylic acids is 1. The van der Waals surface area contributed by atoms with Crippen LogP contribution in [-0.4, -0.2) is 47.7 Å². The van der Waals surface area contributed by atoms with E-state index in [4.69, 9.17) is 16.3 Å². The Bertz CT molecular complexity index is 566. The second kappa shape index (κ2) is 6.77. The van der Waals surface area contributed by atoms with E-state index >= 15 is 0 Å². The van der Waals surface area contributed by atoms with Gasteiger partial charge in [-0.25, -0.2) is 0 Å². The minimum absolute atomic E-state index is 0.121. The van der Waals surface area contributed by atoms with Crippen LogP contribution in [0.15, 0.2) is 22.7 Å². The highest BCUT2D eigenvalue weighted by atomic mass is 79.9. The van der Waals surface area contributed by atoms with Crippen LogP contribution in [0.25, 0.3) is 0 Å². The summed E-state index contributed by atoms with van der Waals surface area (Å²) in [7, 11) is 0. The van der Waals surface area contributed by atoms with Gasteiger partial charge in [-0.1, -0.05) is 17.7 Å². The molecule has 114 valence electrons. The van der Waals surface area contributed by atoms with Crippen molar-refractivity contribution in [1.29, 1.82) is 0 Å². The molecule has 2 atom stereocenters. The van der Waals surface area contributed by atoms with E-state index in [-0.39, 0.29) is 19.1 Å². The van der Waals surface area contributed by atoms with E-state index in [9.17, 15) is 14.7 Å². The molecule has 0 aliphatic carbocycles. The Labute approximate surface area is 136 Å². The smallest absolute Gasteiger partial charge is 0.311 e. The van der Waals surface area contributed by atoms with Gasteiger partial charge in [-0.15, -0.1) is 0 Å². The second-order valence-electron chi connectivity index (χ2n) is 4.74. The third-order valence-electron chi connectivity index (χ3n) is 3.55. The first-order chi connectivity index (χ1) is 9.97. The van der Waals surface area contributed by atoms with E-state index < -0.39 is 17.9 Å². The third kappa shape index (κ3) is 3.22. The normalized spacial score (nSPS) is 21.3. The first-order valence-corrected chi connectivity index (χ1v) is 7.70. The number of likely N-dealkylation sites (N-methyl/N-ethyl adjacent to an activating group) is 1. The lowest BCUT2D eigenvalue weighted by molar-refractivity contribution is -0.142. The average molecular weight is 377 g/mol. The van der Waals surface area contributed by atoms with Crippen molar-refractivity contribution in [2.24, 2.45) is 5.92 Å². The topological polar surface area (TPSA) is 66.8 Å². The molecule has 5 nitrogen and oxygen atoms in total. The van der Waals surface area contributed by atoms with Crippen LogP contribution in [0.5, 0.6) is 0 Å². The van der Waals surface area contributed by atoms with Gasteiger partial charge < -0.3 is 14.7 Å². The number of hydrogen-bond acceptors (Lipinski definition) is 3. The van der Waals surface area contributed by atoms with Crippen LogP contribution in [0, 0.1) is 5.92 Å². The third-order valence-corrected chi connectivity index (χ3v) is 4.85. The van der Waals surface area contributed by atoms with Gasteiger partial charge in [0.15, 0.2) is 0 Å². The maximum Gasteiger partial charge on any atom is 0.311 e. The number of halogens is 2. The SMILES string of the molecule is CCN(C(=O)c1cccc(Br)c1Cl)C1COCC1C(=O)O. The minimum Gasteiger partial charge on any atom is -0.481 e. The Morgan fingerprint density at radius 1 is 1.48 bits per heavy atom. The Morgan fingerprint density at radius 2 is 2.19 bits per heavy atom. The largest absolute Gasteiger partial charge is 0.481 e. The molecule has 1 aliphatic heterocycles. The molecule has 7 heteroatoms. The summed E-state index contributed by atoms with van der Waals surface area (Å²) in [5, 5.41) is 9.55. The number of nitrogens with zero attached hydrogens (tertiary/aromatic N) is 1. The molecule has 1 saturated heterocycles. The van der Waals surface area contributed by atoms with Crippen molar-refractivity contribution < 1.29 is 19.4 Å². The summed E-state index contributed by atoms with van der Waals surface area (Å²) in [5.41, 5.74) is 0.351. The van der Waals surface area contributed by atoms with Gasteiger partial charge in [0.2, 0.25) is 0 Å². The van der Waals surface area contributed by atoms with Crippen LogP contribution in [0.4, 0.5) is 0 Å². The summed E-state index contributed by atoms with van der Waals surface area (Å²) >= 11 is 9.44. The molecule has 2 rings (SSSR count). The number of carboxylic acids is 1. The zero-order chi connectivity index (χ0) is 15.6. The number of carboxylic acid groups (broad SMARTS) is 1. The van der Waals surface area contributed by atoms with Gasteiger partial charge in [0.1, 0.15) is 5.92 Å². The van der Waals surface area contributed by atoms with Gasteiger partial charge in [-0.2, -0.15) is 0 Å². The van der Waals surface area contributed by atoms with Crippen LogP contribution < -0.4 is 0 Å². The zero-order valence-electron chi connectivity index (χ0n) is 11.4. The molecule has 0 bridgehead atoms. The fourth-order valence-electron chi connectivity index (χ4n) is 2.44.